The molecular formula is C26H20ClFN4O2. The van der Waals surface area contributed by atoms with Crippen molar-refractivity contribution < 1.29 is 9.18 Å². The lowest BCUT2D eigenvalue weighted by molar-refractivity contribution is -0.116. The molecule has 3 aromatic rings. The molecule has 0 aromatic heterocycles. The molecule has 1 N–H and O–H groups in total. The number of halogens is 2. The van der Waals surface area contributed by atoms with Gasteiger partial charge in [-0.2, -0.15) is 5.10 Å². The van der Waals surface area contributed by atoms with Crippen LogP contribution in [0.25, 0.3) is 22.2 Å². The predicted octanol–water partition coefficient (Wildman–Crippen LogP) is 5.09. The molecule has 0 radical (unpaired) electrons. The van der Waals surface area contributed by atoms with Gasteiger partial charge in [0, 0.05) is 28.8 Å². The van der Waals surface area contributed by atoms with Crippen molar-refractivity contribution in [2.75, 3.05) is 5.32 Å². The lowest BCUT2D eigenvalue weighted by atomic mass is 10.1. The van der Waals surface area contributed by atoms with Crippen LogP contribution in [0.4, 0.5) is 10.1 Å². The summed E-state index contributed by atoms with van der Waals surface area (Å²) in [5.41, 5.74) is 3.33. The number of aromatic nitrogens is 3. The maximum absolute atomic E-state index is 14.2. The zero-order valence-electron chi connectivity index (χ0n) is 18.3. The molecule has 0 fully saturated rings. The Kier molecular flexibility index (Phi) is 5.63. The van der Waals surface area contributed by atoms with E-state index in [4.69, 9.17) is 11.6 Å². The van der Waals surface area contributed by atoms with Crippen LogP contribution in [0.1, 0.15) is 11.1 Å². The Morgan fingerprint density at radius 3 is 2.68 bits per heavy atom. The summed E-state index contributed by atoms with van der Waals surface area (Å²) in [7, 11) is 0. The number of benzene rings is 3. The minimum atomic E-state index is -0.428. The van der Waals surface area contributed by atoms with Crippen molar-refractivity contribution in [3.63, 3.8) is 0 Å². The first kappa shape index (κ1) is 21.9. The van der Waals surface area contributed by atoms with Gasteiger partial charge in [0.15, 0.2) is 0 Å². The van der Waals surface area contributed by atoms with E-state index in [0.29, 0.717) is 33.9 Å². The number of nitrogens with zero attached hydrogens (tertiary/aromatic N) is 3. The number of carbonyl (C=O) groups excluding carboxylic acids is 1. The highest BCUT2D eigenvalue weighted by Gasteiger charge is 2.22. The van der Waals surface area contributed by atoms with Gasteiger partial charge in [0.2, 0.25) is 5.91 Å². The molecule has 2 aliphatic rings. The SMILES string of the molecule is Cc1c(Cl)cccc1NC(=O)Cn1nc2c3cc(F)ccc3n(Cc3ccccc3)cc-2c1=O. The van der Waals surface area contributed by atoms with Gasteiger partial charge in [-0.1, -0.05) is 48.0 Å². The van der Waals surface area contributed by atoms with E-state index in [1.165, 1.54) is 12.1 Å². The summed E-state index contributed by atoms with van der Waals surface area (Å²) >= 11 is 6.13. The Labute approximate surface area is 199 Å². The number of nitrogens with one attached hydrogen (secondary N) is 1. The maximum Gasteiger partial charge on any atom is 0.278 e. The number of anilines is 1. The van der Waals surface area contributed by atoms with Crippen LogP contribution in [-0.4, -0.2) is 20.3 Å². The fraction of sp³-hybridized carbons (Fsp3) is 0.115. The van der Waals surface area contributed by atoms with Crippen LogP contribution in [0.5, 0.6) is 0 Å². The monoisotopic (exact) mass is 474 g/mol. The second kappa shape index (κ2) is 8.76. The third-order valence-corrected chi connectivity index (χ3v) is 6.19. The average molecular weight is 475 g/mol. The number of carbonyl (C=O) groups is 1. The van der Waals surface area contributed by atoms with Crippen LogP contribution >= 0.6 is 11.6 Å². The second-order valence-corrected chi connectivity index (χ2v) is 8.50. The van der Waals surface area contributed by atoms with Crippen molar-refractivity contribution in [2.45, 2.75) is 20.0 Å². The van der Waals surface area contributed by atoms with Gasteiger partial charge in [-0.25, -0.2) is 9.07 Å². The van der Waals surface area contributed by atoms with Crippen LogP contribution in [0.15, 0.2) is 77.7 Å². The number of hydrogen-bond acceptors (Lipinski definition) is 3. The summed E-state index contributed by atoms with van der Waals surface area (Å²) < 4.78 is 17.2. The highest BCUT2D eigenvalue weighted by Crippen LogP contribution is 2.29. The molecule has 170 valence electrons. The van der Waals surface area contributed by atoms with E-state index in [1.807, 2.05) is 34.9 Å². The Balaban J connectivity index is 1.55. The molecule has 1 amide bonds. The fourth-order valence-corrected chi connectivity index (χ4v) is 4.21. The number of fused-ring (bicyclic) bond motifs is 3. The zero-order valence-corrected chi connectivity index (χ0v) is 19.0. The number of hydrogen-bond donors (Lipinski definition) is 1. The Morgan fingerprint density at radius 1 is 1.09 bits per heavy atom. The molecule has 0 bridgehead atoms. The normalized spacial score (nSPS) is 11.3. The molecule has 8 heteroatoms. The van der Waals surface area contributed by atoms with Crippen LogP contribution in [0, 0.1) is 12.7 Å². The smallest absolute Gasteiger partial charge is 0.278 e. The van der Waals surface area contributed by atoms with Crippen molar-refractivity contribution in [1.82, 2.24) is 14.3 Å². The first-order valence-electron chi connectivity index (χ1n) is 10.7. The number of amides is 1. The van der Waals surface area contributed by atoms with Gasteiger partial charge in [0.1, 0.15) is 18.1 Å². The standard InChI is InChI=1S/C26H20ClFN4O2/c1-16-21(27)8-5-9-22(16)29-24(33)15-32-26(34)20-14-31(13-17-6-3-2-4-7-17)23-11-10-18(28)12-19(23)25(20)30-32/h2-12,14H,13,15H2,1H3,(H,29,33). The van der Waals surface area contributed by atoms with E-state index in [2.05, 4.69) is 10.4 Å². The minimum Gasteiger partial charge on any atom is -0.342 e. The van der Waals surface area contributed by atoms with Crippen LogP contribution in [-0.2, 0) is 17.9 Å². The Hall–Kier alpha value is -3.97. The molecule has 0 atom stereocenters. The number of pyridine rings is 1. The molecule has 6 nitrogen and oxygen atoms in total. The molecular weight excluding hydrogens is 455 g/mol. The van der Waals surface area contributed by atoms with Gasteiger partial charge in [-0.15, -0.1) is 0 Å². The van der Waals surface area contributed by atoms with E-state index < -0.39 is 17.3 Å². The zero-order chi connectivity index (χ0) is 23.8. The second-order valence-electron chi connectivity index (χ2n) is 8.09. The van der Waals surface area contributed by atoms with E-state index in [-0.39, 0.29) is 6.54 Å². The minimum absolute atomic E-state index is 0.283. The molecule has 0 aliphatic carbocycles. The third kappa shape index (κ3) is 4.06. The largest absolute Gasteiger partial charge is 0.342 e. The van der Waals surface area contributed by atoms with E-state index in [1.54, 1.807) is 37.4 Å². The molecule has 0 saturated heterocycles. The lowest BCUT2D eigenvalue weighted by Gasteiger charge is -2.14. The lowest BCUT2D eigenvalue weighted by Crippen LogP contribution is -2.26. The van der Waals surface area contributed by atoms with Gasteiger partial charge in [0.25, 0.3) is 5.56 Å². The topological polar surface area (TPSA) is 68.9 Å². The van der Waals surface area contributed by atoms with Gasteiger partial charge in [0.05, 0.1) is 11.1 Å². The van der Waals surface area contributed by atoms with E-state index in [9.17, 15) is 14.0 Å². The highest BCUT2D eigenvalue weighted by molar-refractivity contribution is 6.31. The summed E-state index contributed by atoms with van der Waals surface area (Å²) in [5.74, 6) is -0.842. The van der Waals surface area contributed by atoms with Crippen molar-refractivity contribution in [3.05, 3.63) is 105 Å². The molecule has 2 heterocycles. The van der Waals surface area contributed by atoms with Crippen LogP contribution in [0.3, 0.4) is 0 Å². The summed E-state index contributed by atoms with van der Waals surface area (Å²) in [4.78, 5) is 25.8. The van der Waals surface area contributed by atoms with Gasteiger partial charge in [-0.3, -0.25) is 9.59 Å². The Bertz CT molecular complexity index is 1560. The predicted molar refractivity (Wildman–Crippen MR) is 131 cm³/mol. The summed E-state index contributed by atoms with van der Waals surface area (Å²) in [6.45, 7) is 2.01. The van der Waals surface area contributed by atoms with E-state index in [0.717, 1.165) is 21.3 Å². The molecule has 2 aliphatic heterocycles. The molecule has 34 heavy (non-hydrogen) atoms. The van der Waals surface area contributed by atoms with Gasteiger partial charge in [-0.05, 0) is 48.4 Å². The van der Waals surface area contributed by atoms with Gasteiger partial charge < -0.3 is 9.88 Å². The first-order chi connectivity index (χ1) is 16.4. The van der Waals surface area contributed by atoms with Crippen LogP contribution < -0.4 is 10.9 Å². The van der Waals surface area contributed by atoms with E-state index >= 15 is 0 Å². The van der Waals surface area contributed by atoms with Gasteiger partial charge >= 0.3 is 0 Å². The molecule has 5 rings (SSSR count). The Morgan fingerprint density at radius 2 is 1.88 bits per heavy atom. The van der Waals surface area contributed by atoms with Crippen molar-refractivity contribution >= 4 is 34.1 Å². The quantitative estimate of drug-likeness (QED) is 0.385. The third-order valence-electron chi connectivity index (χ3n) is 5.78. The molecule has 0 unspecified atom stereocenters. The van der Waals surface area contributed by atoms with Crippen molar-refractivity contribution in [3.8, 4) is 11.3 Å². The molecule has 0 saturated carbocycles. The highest BCUT2D eigenvalue weighted by atomic mass is 35.5. The summed E-state index contributed by atoms with van der Waals surface area (Å²) in [6, 6.07) is 19.4. The first-order valence-corrected chi connectivity index (χ1v) is 11.1. The summed E-state index contributed by atoms with van der Waals surface area (Å²) in [5, 5.41) is 8.20. The molecule has 0 spiro atoms. The molecule has 3 aromatic carbocycles. The van der Waals surface area contributed by atoms with Crippen molar-refractivity contribution in [2.24, 2.45) is 0 Å². The maximum atomic E-state index is 14.2. The summed E-state index contributed by atoms with van der Waals surface area (Å²) in [6.07, 6.45) is 1.72. The van der Waals surface area contributed by atoms with Crippen molar-refractivity contribution in [1.29, 1.82) is 0 Å². The fourth-order valence-electron chi connectivity index (χ4n) is 4.04. The average Bonchev–Trinajstić information content (AvgIpc) is 3.13. The van der Waals surface area contributed by atoms with Crippen LogP contribution in [0.2, 0.25) is 5.02 Å². The number of rotatable bonds is 5.